The summed E-state index contributed by atoms with van der Waals surface area (Å²) in [4.78, 5) is 0. The van der Waals surface area contributed by atoms with Gasteiger partial charge in [-0.05, 0) is 150 Å². The number of aryl methyl sites for hydroxylation is 1. The van der Waals surface area contributed by atoms with Crippen LogP contribution in [0, 0.1) is 6.92 Å². The Kier molecular flexibility index (Phi) is 8.20. The van der Waals surface area contributed by atoms with E-state index in [1.165, 1.54) is 71.3 Å². The lowest BCUT2D eigenvalue weighted by molar-refractivity contribution is 0.102. The SMILES string of the molecule is COc1ccc(C(C)(O)c2ccc(Oc3ccc4cc(C5(c6ccc7cc(C)ccc7c6)c6ccc7ccccc7c6-c6c5ccc5ccccc65)ccc4c3)cc2)cc1. The summed E-state index contributed by atoms with van der Waals surface area (Å²) < 4.78 is 11.7. The molecule has 0 spiro atoms. The number of hydrogen-bond donors (Lipinski definition) is 1. The molecule has 0 bridgehead atoms. The lowest BCUT2D eigenvalue weighted by atomic mass is 9.67. The van der Waals surface area contributed by atoms with E-state index in [-0.39, 0.29) is 0 Å². The highest BCUT2D eigenvalue weighted by Crippen LogP contribution is 2.60. The van der Waals surface area contributed by atoms with Gasteiger partial charge in [0, 0.05) is 0 Å². The zero-order valence-corrected chi connectivity index (χ0v) is 33.7. The fraction of sp³-hybridized carbons (Fsp3) is 0.0877. The molecule has 0 saturated heterocycles. The standard InChI is InChI=1S/C57H42O3/c1-36-12-13-40-33-45(19-14-39(40)32-36)57(52-30-17-37-8-4-6-10-50(37)54(52)55-51-11-7-5-9-38(51)18-31-53(55)57)46-20-15-42-35-49(25-16-41(42)34-46)60-48-28-23-44(24-29-48)56(2,58)43-21-26-47(59-3)27-22-43/h4-35,58H,1-3H3. The maximum absolute atomic E-state index is 11.5. The molecule has 1 aliphatic rings. The molecular formula is C57H42O3. The van der Waals surface area contributed by atoms with Gasteiger partial charge in [-0.3, -0.25) is 0 Å². The van der Waals surface area contributed by atoms with Crippen molar-refractivity contribution in [2.45, 2.75) is 24.9 Å². The zero-order chi connectivity index (χ0) is 40.6. The second kappa shape index (κ2) is 13.7. The third-order valence-electron chi connectivity index (χ3n) is 12.9. The molecule has 0 fully saturated rings. The van der Waals surface area contributed by atoms with Crippen LogP contribution >= 0.6 is 0 Å². The zero-order valence-electron chi connectivity index (χ0n) is 33.7. The Balaban J connectivity index is 1.04. The van der Waals surface area contributed by atoms with Gasteiger partial charge >= 0.3 is 0 Å². The first kappa shape index (κ1) is 35.9. The first-order chi connectivity index (χ1) is 29.3. The van der Waals surface area contributed by atoms with Crippen LogP contribution in [0.2, 0.25) is 0 Å². The molecule has 1 aliphatic carbocycles. The Bertz CT molecular complexity index is 3220. The molecule has 3 heteroatoms. The largest absolute Gasteiger partial charge is 0.497 e. The van der Waals surface area contributed by atoms with Crippen molar-refractivity contribution < 1.29 is 14.6 Å². The summed E-state index contributed by atoms with van der Waals surface area (Å²) >= 11 is 0. The molecule has 3 nitrogen and oxygen atoms in total. The summed E-state index contributed by atoms with van der Waals surface area (Å²) in [7, 11) is 1.64. The summed E-state index contributed by atoms with van der Waals surface area (Å²) in [5.41, 5.74) is 8.75. The third-order valence-corrected chi connectivity index (χ3v) is 12.9. The van der Waals surface area contributed by atoms with Crippen molar-refractivity contribution in [1.82, 2.24) is 0 Å². The maximum Gasteiger partial charge on any atom is 0.128 e. The van der Waals surface area contributed by atoms with Crippen LogP contribution in [0.1, 0.15) is 45.9 Å². The molecule has 1 unspecified atom stereocenters. The fourth-order valence-electron chi connectivity index (χ4n) is 9.83. The molecule has 0 amide bonds. The smallest absolute Gasteiger partial charge is 0.128 e. The second-order valence-corrected chi connectivity index (χ2v) is 16.4. The van der Waals surface area contributed by atoms with E-state index in [9.17, 15) is 5.11 Å². The summed E-state index contributed by atoms with van der Waals surface area (Å²) in [6.07, 6.45) is 0. The first-order valence-corrected chi connectivity index (χ1v) is 20.6. The number of aliphatic hydroxyl groups is 1. The molecule has 288 valence electrons. The monoisotopic (exact) mass is 774 g/mol. The van der Waals surface area contributed by atoms with Gasteiger partial charge in [0.25, 0.3) is 0 Å². The van der Waals surface area contributed by atoms with Crippen molar-refractivity contribution in [3.05, 3.63) is 233 Å². The van der Waals surface area contributed by atoms with Crippen LogP contribution in [0.4, 0.5) is 0 Å². The number of ether oxygens (including phenoxy) is 2. The van der Waals surface area contributed by atoms with Crippen LogP contribution in [-0.4, -0.2) is 12.2 Å². The van der Waals surface area contributed by atoms with Crippen molar-refractivity contribution >= 4 is 43.1 Å². The molecule has 0 saturated carbocycles. The van der Waals surface area contributed by atoms with Gasteiger partial charge in [-0.1, -0.05) is 151 Å². The van der Waals surface area contributed by atoms with E-state index in [2.05, 4.69) is 153 Å². The van der Waals surface area contributed by atoms with Crippen molar-refractivity contribution in [2.24, 2.45) is 0 Å². The molecule has 0 aromatic heterocycles. The average Bonchev–Trinajstić information content (AvgIpc) is 3.61. The number of benzene rings is 10. The van der Waals surface area contributed by atoms with Gasteiger partial charge in [-0.2, -0.15) is 0 Å². The summed E-state index contributed by atoms with van der Waals surface area (Å²) in [5, 5.41) is 21.2. The minimum absolute atomic E-state index is 0.587. The maximum atomic E-state index is 11.5. The van der Waals surface area contributed by atoms with Gasteiger partial charge in [0.1, 0.15) is 22.8 Å². The highest BCUT2D eigenvalue weighted by atomic mass is 16.5. The Morgan fingerprint density at radius 2 is 0.883 bits per heavy atom. The predicted octanol–water partition coefficient (Wildman–Crippen LogP) is 14.0. The lowest BCUT2D eigenvalue weighted by Crippen LogP contribution is -2.28. The number of fused-ring (bicyclic) bond motifs is 9. The molecule has 0 aliphatic heterocycles. The molecule has 1 N–H and O–H groups in total. The Hall–Kier alpha value is -7.20. The Morgan fingerprint density at radius 1 is 0.433 bits per heavy atom. The van der Waals surface area contributed by atoms with Gasteiger partial charge < -0.3 is 14.6 Å². The quantitative estimate of drug-likeness (QED) is 0.175. The van der Waals surface area contributed by atoms with Gasteiger partial charge in [0.15, 0.2) is 0 Å². The fourth-order valence-corrected chi connectivity index (χ4v) is 9.83. The van der Waals surface area contributed by atoms with E-state index < -0.39 is 11.0 Å². The predicted molar refractivity (Wildman–Crippen MR) is 247 cm³/mol. The van der Waals surface area contributed by atoms with E-state index in [1.807, 2.05) is 48.5 Å². The van der Waals surface area contributed by atoms with Gasteiger partial charge in [-0.15, -0.1) is 0 Å². The molecule has 11 rings (SSSR count). The van der Waals surface area contributed by atoms with Crippen LogP contribution in [0.15, 0.2) is 194 Å². The van der Waals surface area contributed by atoms with Crippen molar-refractivity contribution in [1.29, 1.82) is 0 Å². The molecule has 10 aromatic rings. The summed E-state index contributed by atoms with van der Waals surface area (Å²) in [6, 6.07) is 69.3. The van der Waals surface area contributed by atoms with Crippen LogP contribution in [0.25, 0.3) is 54.2 Å². The van der Waals surface area contributed by atoms with Crippen molar-refractivity contribution in [3.63, 3.8) is 0 Å². The van der Waals surface area contributed by atoms with Gasteiger partial charge in [-0.25, -0.2) is 0 Å². The minimum atomic E-state index is -1.17. The topological polar surface area (TPSA) is 38.7 Å². The minimum Gasteiger partial charge on any atom is -0.497 e. The number of rotatable bonds is 7. The second-order valence-electron chi connectivity index (χ2n) is 16.4. The molecule has 0 heterocycles. The van der Waals surface area contributed by atoms with Crippen LogP contribution in [0.3, 0.4) is 0 Å². The average molecular weight is 775 g/mol. The number of hydrogen-bond acceptors (Lipinski definition) is 3. The Labute approximate surface area is 349 Å². The molecule has 60 heavy (non-hydrogen) atoms. The highest BCUT2D eigenvalue weighted by Gasteiger charge is 2.47. The van der Waals surface area contributed by atoms with Crippen molar-refractivity contribution in [2.75, 3.05) is 7.11 Å². The van der Waals surface area contributed by atoms with E-state index in [0.29, 0.717) is 5.75 Å². The van der Waals surface area contributed by atoms with Crippen molar-refractivity contribution in [3.8, 4) is 28.4 Å². The van der Waals surface area contributed by atoms with Gasteiger partial charge in [0.05, 0.1) is 12.5 Å². The molecule has 0 radical (unpaired) electrons. The first-order valence-electron chi connectivity index (χ1n) is 20.6. The molecule has 1 atom stereocenters. The number of methoxy groups -OCH3 is 1. The Morgan fingerprint density at radius 3 is 1.45 bits per heavy atom. The van der Waals surface area contributed by atoms with E-state index in [4.69, 9.17) is 9.47 Å². The highest BCUT2D eigenvalue weighted by molar-refractivity contribution is 6.12. The molecular weight excluding hydrogens is 733 g/mol. The van der Waals surface area contributed by atoms with Crippen LogP contribution in [0.5, 0.6) is 17.2 Å². The third kappa shape index (κ3) is 5.54. The van der Waals surface area contributed by atoms with Crippen LogP contribution < -0.4 is 9.47 Å². The van der Waals surface area contributed by atoms with E-state index in [1.54, 1.807) is 14.0 Å². The van der Waals surface area contributed by atoms with E-state index >= 15 is 0 Å². The summed E-state index contributed by atoms with van der Waals surface area (Å²) in [5.74, 6) is 2.20. The van der Waals surface area contributed by atoms with E-state index in [0.717, 1.165) is 33.4 Å². The lowest BCUT2D eigenvalue weighted by Gasteiger charge is -2.34. The van der Waals surface area contributed by atoms with Gasteiger partial charge in [0.2, 0.25) is 0 Å². The summed E-state index contributed by atoms with van der Waals surface area (Å²) in [6.45, 7) is 3.97. The van der Waals surface area contributed by atoms with Crippen LogP contribution in [-0.2, 0) is 11.0 Å². The normalized spacial score (nSPS) is 13.9. The molecule has 10 aromatic carbocycles.